The SMILES string of the molecule is CCCCC/C=C\C/C=C\C=C\[C@@H](O)[C@@H](O)/C=C\CCCC(=O)O. The highest BCUT2D eigenvalue weighted by Crippen LogP contribution is 2.03. The van der Waals surface area contributed by atoms with Crippen molar-refractivity contribution in [2.45, 2.75) is 70.5 Å². The van der Waals surface area contributed by atoms with E-state index in [4.69, 9.17) is 5.11 Å². The predicted octanol–water partition coefficient (Wildman–Crippen LogP) is 4.16. The van der Waals surface area contributed by atoms with Gasteiger partial charge in [0.25, 0.3) is 0 Å². The minimum atomic E-state index is -0.974. The van der Waals surface area contributed by atoms with E-state index in [1.165, 1.54) is 31.4 Å². The Kier molecular flexibility index (Phi) is 15.1. The third-order valence-electron chi connectivity index (χ3n) is 3.41. The van der Waals surface area contributed by atoms with Crippen LogP contribution in [0.15, 0.2) is 48.6 Å². The van der Waals surface area contributed by atoms with Gasteiger partial charge in [-0.25, -0.2) is 0 Å². The Labute approximate surface area is 145 Å². The highest BCUT2D eigenvalue weighted by molar-refractivity contribution is 5.66. The van der Waals surface area contributed by atoms with Gasteiger partial charge in [0, 0.05) is 6.42 Å². The zero-order chi connectivity index (χ0) is 18.0. The van der Waals surface area contributed by atoms with E-state index in [1.807, 2.05) is 12.2 Å². The van der Waals surface area contributed by atoms with Gasteiger partial charge >= 0.3 is 5.97 Å². The van der Waals surface area contributed by atoms with Crippen molar-refractivity contribution in [2.24, 2.45) is 0 Å². The molecule has 4 nitrogen and oxygen atoms in total. The fourth-order valence-corrected chi connectivity index (χ4v) is 1.97. The van der Waals surface area contributed by atoms with Crippen LogP contribution >= 0.6 is 0 Å². The molecule has 0 radical (unpaired) electrons. The molecule has 0 aromatic heterocycles. The standard InChI is InChI=1S/C20H32O4/c1-2-3-4-5-6-7-8-9-10-12-15-18(21)19(22)16-13-11-14-17-20(23)24/h6-7,9-10,12-13,15-16,18-19,21-22H,2-5,8,11,14,17H2,1H3,(H,23,24)/b7-6-,10-9-,15-12+,16-13-/t18-,19+/m1/s1. The van der Waals surface area contributed by atoms with Gasteiger partial charge in [0.05, 0.1) is 0 Å². The van der Waals surface area contributed by atoms with Gasteiger partial charge in [-0.15, -0.1) is 0 Å². The van der Waals surface area contributed by atoms with Crippen LogP contribution in [0.25, 0.3) is 0 Å². The Balaban J connectivity index is 3.85. The van der Waals surface area contributed by atoms with E-state index in [0.29, 0.717) is 12.8 Å². The Morgan fingerprint density at radius 3 is 2.29 bits per heavy atom. The van der Waals surface area contributed by atoms with Crippen molar-refractivity contribution in [3.63, 3.8) is 0 Å². The van der Waals surface area contributed by atoms with Crippen molar-refractivity contribution in [3.05, 3.63) is 48.6 Å². The number of carboxylic acids is 1. The summed E-state index contributed by atoms with van der Waals surface area (Å²) < 4.78 is 0. The summed E-state index contributed by atoms with van der Waals surface area (Å²) in [4.78, 5) is 10.3. The molecule has 2 atom stereocenters. The van der Waals surface area contributed by atoms with E-state index in [2.05, 4.69) is 19.1 Å². The summed E-state index contributed by atoms with van der Waals surface area (Å²) in [7, 11) is 0. The number of aliphatic hydroxyl groups is 2. The van der Waals surface area contributed by atoms with Gasteiger partial charge in [0.1, 0.15) is 12.2 Å². The third kappa shape index (κ3) is 15.3. The average Bonchev–Trinajstić information content (AvgIpc) is 2.55. The third-order valence-corrected chi connectivity index (χ3v) is 3.41. The molecule has 0 aromatic rings. The van der Waals surface area contributed by atoms with Crippen molar-refractivity contribution in [1.29, 1.82) is 0 Å². The maximum atomic E-state index is 10.3. The maximum Gasteiger partial charge on any atom is 0.303 e. The Bertz CT molecular complexity index is 421. The summed E-state index contributed by atoms with van der Waals surface area (Å²) in [6, 6.07) is 0. The summed E-state index contributed by atoms with van der Waals surface area (Å²) in [6.45, 7) is 2.19. The van der Waals surface area contributed by atoms with Crippen LogP contribution in [0.2, 0.25) is 0 Å². The normalized spacial score (nSPS) is 15.1. The molecule has 3 N–H and O–H groups in total. The predicted molar refractivity (Wildman–Crippen MR) is 98.8 cm³/mol. The summed E-state index contributed by atoms with van der Waals surface area (Å²) in [5.41, 5.74) is 0. The molecule has 24 heavy (non-hydrogen) atoms. The van der Waals surface area contributed by atoms with Gasteiger partial charge in [-0.2, -0.15) is 0 Å². The van der Waals surface area contributed by atoms with Gasteiger partial charge in [-0.1, -0.05) is 68.4 Å². The van der Waals surface area contributed by atoms with Gasteiger partial charge in [0.2, 0.25) is 0 Å². The molecule has 0 aromatic carbocycles. The minimum Gasteiger partial charge on any atom is -0.481 e. The number of unbranched alkanes of at least 4 members (excludes halogenated alkanes) is 4. The largest absolute Gasteiger partial charge is 0.481 e. The van der Waals surface area contributed by atoms with Gasteiger partial charge in [0.15, 0.2) is 0 Å². The molecule has 0 saturated carbocycles. The first kappa shape index (κ1) is 22.4. The van der Waals surface area contributed by atoms with E-state index in [-0.39, 0.29) is 6.42 Å². The van der Waals surface area contributed by atoms with Crippen LogP contribution in [-0.2, 0) is 4.79 Å². The molecule has 4 heteroatoms. The molecule has 0 amide bonds. The van der Waals surface area contributed by atoms with Crippen molar-refractivity contribution < 1.29 is 20.1 Å². The molecular formula is C20H32O4. The average molecular weight is 336 g/mol. The molecule has 0 aliphatic rings. The smallest absolute Gasteiger partial charge is 0.303 e. The molecule has 0 saturated heterocycles. The monoisotopic (exact) mass is 336 g/mol. The van der Waals surface area contributed by atoms with Gasteiger partial charge < -0.3 is 15.3 Å². The molecular weight excluding hydrogens is 304 g/mol. The highest BCUT2D eigenvalue weighted by Gasteiger charge is 2.08. The Hall–Kier alpha value is -1.65. The van der Waals surface area contributed by atoms with Crippen molar-refractivity contribution in [3.8, 4) is 0 Å². The highest BCUT2D eigenvalue weighted by atomic mass is 16.4. The van der Waals surface area contributed by atoms with Crippen molar-refractivity contribution in [1.82, 2.24) is 0 Å². The second-order valence-corrected chi connectivity index (χ2v) is 5.71. The zero-order valence-electron chi connectivity index (χ0n) is 14.7. The van der Waals surface area contributed by atoms with Crippen LogP contribution in [0.1, 0.15) is 58.3 Å². The molecule has 0 heterocycles. The van der Waals surface area contributed by atoms with Crippen molar-refractivity contribution in [2.75, 3.05) is 0 Å². The molecule has 0 spiro atoms. The lowest BCUT2D eigenvalue weighted by atomic mass is 10.1. The number of hydrogen-bond acceptors (Lipinski definition) is 3. The van der Waals surface area contributed by atoms with Crippen LogP contribution in [0.3, 0.4) is 0 Å². The van der Waals surface area contributed by atoms with Crippen LogP contribution in [-0.4, -0.2) is 33.5 Å². The fraction of sp³-hybridized carbons (Fsp3) is 0.550. The first-order valence-electron chi connectivity index (χ1n) is 8.80. The van der Waals surface area contributed by atoms with Gasteiger partial charge in [-0.05, 0) is 32.1 Å². The number of rotatable bonds is 14. The van der Waals surface area contributed by atoms with Crippen LogP contribution in [0, 0.1) is 0 Å². The molecule has 0 bridgehead atoms. The van der Waals surface area contributed by atoms with Crippen molar-refractivity contribution >= 4 is 5.97 Å². The molecule has 0 rings (SSSR count). The number of hydrogen-bond donors (Lipinski definition) is 3. The molecule has 0 aliphatic carbocycles. The first-order valence-corrected chi connectivity index (χ1v) is 8.80. The van der Waals surface area contributed by atoms with Gasteiger partial charge in [-0.3, -0.25) is 4.79 Å². The van der Waals surface area contributed by atoms with E-state index in [0.717, 1.165) is 12.8 Å². The van der Waals surface area contributed by atoms with E-state index >= 15 is 0 Å². The number of carbonyl (C=O) groups is 1. The lowest BCUT2D eigenvalue weighted by molar-refractivity contribution is -0.137. The quantitative estimate of drug-likeness (QED) is 0.253. The summed E-state index contributed by atoms with van der Waals surface area (Å²) in [6.07, 6.45) is 19.6. The summed E-state index contributed by atoms with van der Waals surface area (Å²) in [5.74, 6) is -0.825. The minimum absolute atomic E-state index is 0.112. The Morgan fingerprint density at radius 2 is 1.58 bits per heavy atom. The molecule has 136 valence electrons. The van der Waals surface area contributed by atoms with Crippen LogP contribution in [0.5, 0.6) is 0 Å². The second kappa shape index (κ2) is 16.2. The number of aliphatic carboxylic acids is 1. The number of allylic oxidation sites excluding steroid dienone is 6. The molecule has 0 fully saturated rings. The summed E-state index contributed by atoms with van der Waals surface area (Å²) >= 11 is 0. The van der Waals surface area contributed by atoms with E-state index < -0.39 is 18.2 Å². The van der Waals surface area contributed by atoms with Crippen LogP contribution < -0.4 is 0 Å². The lowest BCUT2D eigenvalue weighted by Gasteiger charge is -2.09. The fourth-order valence-electron chi connectivity index (χ4n) is 1.97. The van der Waals surface area contributed by atoms with E-state index in [1.54, 1.807) is 12.2 Å². The lowest BCUT2D eigenvalue weighted by Crippen LogP contribution is -2.20. The first-order chi connectivity index (χ1) is 11.6. The maximum absolute atomic E-state index is 10.3. The zero-order valence-corrected chi connectivity index (χ0v) is 14.7. The molecule has 0 aliphatic heterocycles. The number of aliphatic hydroxyl groups excluding tert-OH is 2. The summed E-state index contributed by atoms with van der Waals surface area (Å²) in [5, 5.41) is 28.0. The van der Waals surface area contributed by atoms with Crippen LogP contribution in [0.4, 0.5) is 0 Å². The second-order valence-electron chi connectivity index (χ2n) is 5.71. The number of carboxylic acid groups (broad SMARTS) is 1. The molecule has 0 unspecified atom stereocenters. The van der Waals surface area contributed by atoms with E-state index in [9.17, 15) is 15.0 Å². The topological polar surface area (TPSA) is 77.8 Å². The Morgan fingerprint density at radius 1 is 0.875 bits per heavy atom.